The summed E-state index contributed by atoms with van der Waals surface area (Å²) in [6.07, 6.45) is 1.03. The van der Waals surface area contributed by atoms with Gasteiger partial charge in [0.15, 0.2) is 11.2 Å². The van der Waals surface area contributed by atoms with E-state index in [1.807, 2.05) is 24.3 Å². The first-order valence-electron chi connectivity index (χ1n) is 12.6. The molecule has 0 aliphatic rings. The van der Waals surface area contributed by atoms with Crippen molar-refractivity contribution in [1.82, 2.24) is 9.97 Å². The molecule has 4 heteroatoms. The van der Waals surface area contributed by atoms with Crippen molar-refractivity contribution in [3.05, 3.63) is 83.9 Å². The zero-order valence-electron chi connectivity index (χ0n) is 21.4. The van der Waals surface area contributed by atoms with Crippen molar-refractivity contribution in [2.75, 3.05) is 0 Å². The highest BCUT2D eigenvalue weighted by Crippen LogP contribution is 2.37. The Balaban J connectivity index is 1.46. The minimum atomic E-state index is 0.0524. The van der Waals surface area contributed by atoms with E-state index in [4.69, 9.17) is 18.8 Å². The highest BCUT2D eigenvalue weighted by Gasteiger charge is 2.19. The van der Waals surface area contributed by atoms with Crippen LogP contribution in [0.1, 0.15) is 45.7 Å². The van der Waals surface area contributed by atoms with Gasteiger partial charge >= 0.3 is 0 Å². The average molecular weight is 475 g/mol. The lowest BCUT2D eigenvalue weighted by atomic mass is 9.87. The third kappa shape index (κ3) is 3.97. The van der Waals surface area contributed by atoms with Gasteiger partial charge in [-0.1, -0.05) is 71.0 Å². The predicted octanol–water partition coefficient (Wildman–Crippen LogP) is 8.95. The molecule has 0 radical (unpaired) electrons. The molecule has 6 aromatic rings. The van der Waals surface area contributed by atoms with Gasteiger partial charge in [0.1, 0.15) is 11.0 Å². The molecule has 0 spiro atoms. The van der Waals surface area contributed by atoms with Crippen LogP contribution in [0.4, 0.5) is 0 Å². The highest BCUT2D eigenvalue weighted by molar-refractivity contribution is 6.03. The van der Waals surface area contributed by atoms with E-state index >= 15 is 0 Å². The Hall–Kier alpha value is -3.92. The normalized spacial score (nSPS) is 12.4. The van der Waals surface area contributed by atoms with Crippen LogP contribution in [0.25, 0.3) is 55.9 Å². The van der Waals surface area contributed by atoms with Gasteiger partial charge in [-0.25, -0.2) is 9.97 Å². The van der Waals surface area contributed by atoms with Crippen molar-refractivity contribution in [1.29, 1.82) is 0 Å². The molecule has 0 saturated heterocycles. The summed E-state index contributed by atoms with van der Waals surface area (Å²) in [4.78, 5) is 9.74. The third-order valence-electron chi connectivity index (χ3n) is 6.73. The molecule has 6 rings (SSSR count). The number of aromatic nitrogens is 2. The predicted molar refractivity (Wildman–Crippen MR) is 147 cm³/mol. The second kappa shape index (κ2) is 8.34. The molecule has 0 amide bonds. The Kier molecular flexibility index (Phi) is 5.22. The lowest BCUT2D eigenvalue weighted by Crippen LogP contribution is -2.10. The molecule has 0 unspecified atom stereocenters. The standard InChI is InChI=1S/C32H30N2O2/c1-19(2)16-20-10-14-28-26(17-20)33-30(35-28)24-12-13-25(23-9-7-6-8-22(23)24)31-34-27-18-21(32(3,4)5)11-15-29(27)36-31/h6-15,17-19H,16H2,1-5H3. The molecular weight excluding hydrogens is 444 g/mol. The van der Waals surface area contributed by atoms with Crippen LogP contribution in [0.3, 0.4) is 0 Å². The molecule has 4 aromatic carbocycles. The van der Waals surface area contributed by atoms with Gasteiger partial charge in [0.2, 0.25) is 11.8 Å². The van der Waals surface area contributed by atoms with Crippen LogP contribution < -0.4 is 0 Å². The summed E-state index contributed by atoms with van der Waals surface area (Å²) in [5.41, 5.74) is 7.86. The Bertz CT molecular complexity index is 1730. The number of benzene rings is 4. The zero-order valence-corrected chi connectivity index (χ0v) is 21.4. The summed E-state index contributed by atoms with van der Waals surface area (Å²) in [6.45, 7) is 11.1. The molecule has 0 atom stereocenters. The number of fused-ring (bicyclic) bond motifs is 3. The van der Waals surface area contributed by atoms with E-state index in [1.165, 1.54) is 11.1 Å². The summed E-state index contributed by atoms with van der Waals surface area (Å²) >= 11 is 0. The van der Waals surface area contributed by atoms with Crippen molar-refractivity contribution < 1.29 is 8.83 Å². The Morgan fingerprint density at radius 2 is 1.25 bits per heavy atom. The molecule has 0 saturated carbocycles. The smallest absolute Gasteiger partial charge is 0.227 e. The van der Waals surface area contributed by atoms with Crippen LogP contribution in [-0.2, 0) is 11.8 Å². The molecular formula is C32H30N2O2. The van der Waals surface area contributed by atoms with E-state index < -0.39 is 0 Å². The van der Waals surface area contributed by atoms with E-state index in [0.717, 1.165) is 50.5 Å². The van der Waals surface area contributed by atoms with Gasteiger partial charge in [-0.2, -0.15) is 0 Å². The van der Waals surface area contributed by atoms with E-state index in [1.54, 1.807) is 0 Å². The number of hydrogen-bond donors (Lipinski definition) is 0. The molecule has 36 heavy (non-hydrogen) atoms. The number of oxazole rings is 2. The van der Waals surface area contributed by atoms with E-state index in [0.29, 0.717) is 17.7 Å². The lowest BCUT2D eigenvalue weighted by Gasteiger charge is -2.18. The molecule has 0 aliphatic carbocycles. The van der Waals surface area contributed by atoms with Crippen LogP contribution in [0, 0.1) is 5.92 Å². The first-order chi connectivity index (χ1) is 17.3. The molecule has 180 valence electrons. The highest BCUT2D eigenvalue weighted by atomic mass is 16.4. The minimum absolute atomic E-state index is 0.0524. The molecule has 0 bridgehead atoms. The SMILES string of the molecule is CC(C)Cc1ccc2oc(-c3ccc(-c4nc5cc(C(C)(C)C)ccc5o4)c4ccccc34)nc2c1. The second-order valence-corrected chi connectivity index (χ2v) is 11.1. The van der Waals surface area contributed by atoms with Crippen molar-refractivity contribution in [2.24, 2.45) is 5.92 Å². The van der Waals surface area contributed by atoms with Gasteiger partial charge in [-0.15, -0.1) is 0 Å². The fraction of sp³-hybridized carbons (Fsp3) is 0.250. The maximum atomic E-state index is 6.22. The van der Waals surface area contributed by atoms with E-state index in [2.05, 4.69) is 83.1 Å². The van der Waals surface area contributed by atoms with Gasteiger partial charge in [0.25, 0.3) is 0 Å². The molecule has 0 N–H and O–H groups in total. The molecule has 2 aromatic heterocycles. The third-order valence-corrected chi connectivity index (χ3v) is 6.73. The number of rotatable bonds is 4. The maximum Gasteiger partial charge on any atom is 0.227 e. The van der Waals surface area contributed by atoms with Crippen LogP contribution in [0.5, 0.6) is 0 Å². The van der Waals surface area contributed by atoms with Gasteiger partial charge in [0, 0.05) is 11.1 Å². The summed E-state index contributed by atoms with van der Waals surface area (Å²) in [6, 6.07) is 25.0. The Labute approximate surface area is 211 Å². The van der Waals surface area contributed by atoms with Crippen LogP contribution in [0.15, 0.2) is 81.6 Å². The summed E-state index contributed by atoms with van der Waals surface area (Å²) in [7, 11) is 0. The first-order valence-corrected chi connectivity index (χ1v) is 12.6. The Morgan fingerprint density at radius 3 is 1.81 bits per heavy atom. The first kappa shape index (κ1) is 22.5. The molecule has 4 nitrogen and oxygen atoms in total. The fourth-order valence-electron chi connectivity index (χ4n) is 4.87. The molecule has 2 heterocycles. The maximum absolute atomic E-state index is 6.22. The lowest BCUT2D eigenvalue weighted by molar-refractivity contribution is 0.590. The zero-order chi connectivity index (χ0) is 25.0. The number of nitrogens with zero attached hydrogens (tertiary/aromatic N) is 2. The number of hydrogen-bond acceptors (Lipinski definition) is 4. The molecule has 0 aliphatic heterocycles. The summed E-state index contributed by atoms with van der Waals surface area (Å²) in [5, 5.41) is 2.11. The van der Waals surface area contributed by atoms with Crippen LogP contribution >= 0.6 is 0 Å². The summed E-state index contributed by atoms with van der Waals surface area (Å²) in [5.74, 6) is 1.84. The van der Waals surface area contributed by atoms with Gasteiger partial charge < -0.3 is 8.83 Å². The quantitative estimate of drug-likeness (QED) is 0.256. The summed E-state index contributed by atoms with van der Waals surface area (Å²) < 4.78 is 12.4. The Morgan fingerprint density at radius 1 is 0.694 bits per heavy atom. The van der Waals surface area contributed by atoms with E-state index in [-0.39, 0.29) is 5.41 Å². The van der Waals surface area contributed by atoms with Gasteiger partial charge in [0.05, 0.1) is 0 Å². The topological polar surface area (TPSA) is 52.1 Å². The van der Waals surface area contributed by atoms with E-state index in [9.17, 15) is 0 Å². The van der Waals surface area contributed by atoms with Crippen LogP contribution in [0.2, 0.25) is 0 Å². The van der Waals surface area contributed by atoms with Crippen molar-refractivity contribution in [3.63, 3.8) is 0 Å². The fourth-order valence-corrected chi connectivity index (χ4v) is 4.87. The monoisotopic (exact) mass is 474 g/mol. The van der Waals surface area contributed by atoms with Crippen molar-refractivity contribution in [3.8, 4) is 22.9 Å². The average Bonchev–Trinajstić information content (AvgIpc) is 3.45. The van der Waals surface area contributed by atoms with Gasteiger partial charge in [-0.3, -0.25) is 0 Å². The minimum Gasteiger partial charge on any atom is -0.436 e. The van der Waals surface area contributed by atoms with Crippen molar-refractivity contribution >= 4 is 33.0 Å². The largest absolute Gasteiger partial charge is 0.436 e. The second-order valence-electron chi connectivity index (χ2n) is 11.1. The van der Waals surface area contributed by atoms with Crippen molar-refractivity contribution in [2.45, 2.75) is 46.5 Å². The van der Waals surface area contributed by atoms with Crippen LogP contribution in [-0.4, -0.2) is 9.97 Å². The molecule has 0 fully saturated rings. The van der Waals surface area contributed by atoms with Gasteiger partial charge in [-0.05, 0) is 76.1 Å².